The molecule has 0 aromatic heterocycles. The second kappa shape index (κ2) is 52.6. The first kappa shape index (κ1) is 73.6. The molecule has 2 atom stereocenters. The van der Waals surface area contributed by atoms with Crippen molar-refractivity contribution in [1.29, 1.82) is 0 Å². The minimum absolute atomic E-state index is 0.0663. The van der Waals surface area contributed by atoms with Crippen LogP contribution in [0.2, 0.25) is 0 Å². The van der Waals surface area contributed by atoms with E-state index >= 15 is 0 Å². The maximum absolute atomic E-state index is 12.5. The first-order chi connectivity index (χ1) is 38.4. The van der Waals surface area contributed by atoms with Gasteiger partial charge in [0.15, 0.2) is 0 Å². The van der Waals surface area contributed by atoms with Crippen molar-refractivity contribution >= 4 is 35.4 Å². The van der Waals surface area contributed by atoms with Crippen molar-refractivity contribution in [3.05, 3.63) is 0 Å². The molecule has 0 aliphatic carbocycles. The summed E-state index contributed by atoms with van der Waals surface area (Å²) in [6.07, 6.45) is 13.2. The Morgan fingerprint density at radius 1 is 0.468 bits per heavy atom. The molecule has 0 spiro atoms. The summed E-state index contributed by atoms with van der Waals surface area (Å²) in [6, 6.07) is -0.692. The van der Waals surface area contributed by atoms with Gasteiger partial charge in [0.05, 0.1) is 164 Å². The van der Waals surface area contributed by atoms with Crippen LogP contribution in [0.5, 0.6) is 0 Å². The number of carbonyl (C=O) groups excluding carboxylic acids is 6. The number of primary amides is 1. The van der Waals surface area contributed by atoms with Crippen molar-refractivity contribution in [3.63, 3.8) is 0 Å². The van der Waals surface area contributed by atoms with Crippen LogP contribution in [0.15, 0.2) is 0 Å². The number of nitrogens with two attached hydrogens (primary N) is 1. The molecule has 462 valence electrons. The summed E-state index contributed by atoms with van der Waals surface area (Å²) < 4.78 is 66.0. The number of rotatable bonds is 59. The maximum Gasteiger partial charge on any atom is 0.239 e. The third-order valence-corrected chi connectivity index (χ3v) is 12.4. The van der Waals surface area contributed by atoms with E-state index in [4.69, 9.17) is 62.6 Å². The lowest BCUT2D eigenvalue weighted by atomic mass is 9.80. The van der Waals surface area contributed by atoms with E-state index in [0.717, 1.165) is 19.3 Å². The molecule has 0 bridgehead atoms. The largest absolute Gasteiger partial charge is 0.379 e. The van der Waals surface area contributed by atoms with Crippen molar-refractivity contribution in [2.45, 2.75) is 136 Å². The standard InChI is InChI=1S/C56H105N5O18/c1-5-6-7-8-9-10-11-12-13-17-52(64)60-49(54(57)66)16-14-15-20-58-51(63)19-23-68-25-27-70-29-31-72-33-35-74-37-39-76-41-43-78-45-46-79-44-42-77-40-38-75-36-34-73-32-30-71-28-26-69-24-21-59-50(62)18-22-61-53(65)47-48(55(61)67)56(2,3)4/h48-49H,5-47H2,1-4H3,(H2,57,66)(H,58,63)(H,59,62)(H,60,64). The highest BCUT2D eigenvalue weighted by atomic mass is 16.6. The molecule has 6 amide bonds. The maximum atomic E-state index is 12.5. The average molecular weight is 1140 g/mol. The third kappa shape index (κ3) is 45.8. The van der Waals surface area contributed by atoms with Crippen molar-refractivity contribution < 1.29 is 85.6 Å². The molecule has 5 N–H and O–H groups in total. The second-order valence-corrected chi connectivity index (χ2v) is 20.2. The van der Waals surface area contributed by atoms with Crippen molar-refractivity contribution in [2.24, 2.45) is 17.1 Å². The fraction of sp³-hybridized carbons (Fsp3) is 0.893. The number of amides is 6. The molecule has 1 saturated heterocycles. The first-order valence-corrected chi connectivity index (χ1v) is 29.3. The van der Waals surface area contributed by atoms with Gasteiger partial charge in [0.25, 0.3) is 0 Å². The molecule has 0 saturated carbocycles. The van der Waals surface area contributed by atoms with Crippen LogP contribution in [0, 0.1) is 11.3 Å². The molecule has 1 heterocycles. The summed E-state index contributed by atoms with van der Waals surface area (Å²) in [5.41, 5.74) is 5.22. The molecular formula is C56H105N5O18. The van der Waals surface area contributed by atoms with Gasteiger partial charge in [-0.15, -0.1) is 0 Å². The number of hydrogen-bond acceptors (Lipinski definition) is 18. The number of likely N-dealkylation sites (tertiary alicyclic amines) is 1. The van der Waals surface area contributed by atoms with E-state index in [-0.39, 0.29) is 73.3 Å². The summed E-state index contributed by atoms with van der Waals surface area (Å²) in [5.74, 6) is -1.78. The summed E-state index contributed by atoms with van der Waals surface area (Å²) in [7, 11) is 0. The average Bonchev–Trinajstić information content (AvgIpc) is 3.72. The third-order valence-electron chi connectivity index (χ3n) is 12.4. The van der Waals surface area contributed by atoms with Gasteiger partial charge in [-0.1, -0.05) is 79.1 Å². The van der Waals surface area contributed by atoms with Crippen molar-refractivity contribution in [2.75, 3.05) is 178 Å². The van der Waals surface area contributed by atoms with E-state index in [1.807, 2.05) is 20.8 Å². The van der Waals surface area contributed by atoms with Crippen molar-refractivity contribution in [1.82, 2.24) is 20.9 Å². The minimum atomic E-state index is -0.692. The highest BCUT2D eigenvalue weighted by molar-refractivity contribution is 6.04. The van der Waals surface area contributed by atoms with Crippen molar-refractivity contribution in [3.8, 4) is 0 Å². The summed E-state index contributed by atoms with van der Waals surface area (Å²) >= 11 is 0. The lowest BCUT2D eigenvalue weighted by Crippen LogP contribution is -2.44. The van der Waals surface area contributed by atoms with Crippen LogP contribution in [0.3, 0.4) is 0 Å². The van der Waals surface area contributed by atoms with Gasteiger partial charge >= 0.3 is 0 Å². The Hall–Kier alpha value is -3.46. The normalized spacial score (nSPS) is 14.1. The van der Waals surface area contributed by atoms with E-state index in [0.29, 0.717) is 191 Å². The van der Waals surface area contributed by atoms with Crippen LogP contribution in [0.25, 0.3) is 0 Å². The fourth-order valence-corrected chi connectivity index (χ4v) is 7.78. The van der Waals surface area contributed by atoms with Gasteiger partial charge in [0, 0.05) is 45.3 Å². The Kier molecular flexibility index (Phi) is 49.0. The second-order valence-electron chi connectivity index (χ2n) is 20.2. The van der Waals surface area contributed by atoms with E-state index in [9.17, 15) is 28.8 Å². The summed E-state index contributed by atoms with van der Waals surface area (Å²) in [4.78, 5) is 74.4. The number of nitrogens with one attached hydrogen (secondary N) is 3. The van der Waals surface area contributed by atoms with Gasteiger partial charge in [-0.2, -0.15) is 0 Å². The SMILES string of the molecule is CCCCCCCCCCCC(=O)NC(CCCCNC(=O)CCOCCOCCOCCOCCOCCOCCOCCOCCOCCOCCOCCOCCNC(=O)CCN1C(=O)CC(C(C)(C)C)C1=O)C(N)=O. The number of carbonyl (C=O) groups is 6. The van der Waals surface area contributed by atoms with Crippen LogP contribution >= 0.6 is 0 Å². The summed E-state index contributed by atoms with van der Waals surface area (Å²) in [6.45, 7) is 19.1. The molecule has 1 aliphatic heterocycles. The van der Waals surface area contributed by atoms with Crippen LogP contribution in [0.4, 0.5) is 0 Å². The number of imide groups is 1. The molecule has 0 aromatic carbocycles. The highest BCUT2D eigenvalue weighted by Gasteiger charge is 2.44. The number of ether oxygens (including phenoxy) is 12. The lowest BCUT2D eigenvalue weighted by molar-refractivity contribution is -0.140. The minimum Gasteiger partial charge on any atom is -0.379 e. The Labute approximate surface area is 472 Å². The zero-order valence-corrected chi connectivity index (χ0v) is 48.9. The Morgan fingerprint density at radius 3 is 1.23 bits per heavy atom. The van der Waals surface area contributed by atoms with Gasteiger partial charge in [-0.3, -0.25) is 33.7 Å². The molecule has 1 aliphatic rings. The monoisotopic (exact) mass is 1140 g/mol. The molecule has 1 fully saturated rings. The van der Waals surface area contributed by atoms with E-state index in [1.54, 1.807) is 0 Å². The van der Waals surface area contributed by atoms with Gasteiger partial charge in [0.2, 0.25) is 35.4 Å². The van der Waals surface area contributed by atoms with E-state index in [2.05, 4.69) is 22.9 Å². The molecule has 0 aromatic rings. The molecule has 23 heteroatoms. The van der Waals surface area contributed by atoms with Gasteiger partial charge in [-0.05, 0) is 31.1 Å². The van der Waals surface area contributed by atoms with E-state index < -0.39 is 11.9 Å². The predicted molar refractivity (Wildman–Crippen MR) is 296 cm³/mol. The smallest absolute Gasteiger partial charge is 0.239 e. The molecule has 2 unspecified atom stereocenters. The fourth-order valence-electron chi connectivity index (χ4n) is 7.78. The molecular weight excluding hydrogens is 1030 g/mol. The number of hydrogen-bond donors (Lipinski definition) is 4. The zero-order valence-electron chi connectivity index (χ0n) is 48.9. The summed E-state index contributed by atoms with van der Waals surface area (Å²) in [5, 5.41) is 8.37. The molecule has 23 nitrogen and oxygen atoms in total. The van der Waals surface area contributed by atoms with Gasteiger partial charge < -0.3 is 78.5 Å². The first-order valence-electron chi connectivity index (χ1n) is 29.3. The lowest BCUT2D eigenvalue weighted by Gasteiger charge is -2.24. The highest BCUT2D eigenvalue weighted by Crippen LogP contribution is 2.35. The van der Waals surface area contributed by atoms with E-state index in [1.165, 1.54) is 43.4 Å². The topological polar surface area (TPSA) is 279 Å². The van der Waals surface area contributed by atoms with Crippen LogP contribution in [-0.2, 0) is 85.6 Å². The molecule has 0 radical (unpaired) electrons. The Morgan fingerprint density at radius 2 is 0.835 bits per heavy atom. The quantitative estimate of drug-likeness (QED) is 0.0499. The Balaban J connectivity index is 1.72. The van der Waals surface area contributed by atoms with Gasteiger partial charge in [-0.25, -0.2) is 0 Å². The van der Waals surface area contributed by atoms with Crippen LogP contribution in [-0.4, -0.2) is 225 Å². The number of unbranched alkanes of at least 4 members (excludes halogenated alkanes) is 9. The zero-order chi connectivity index (χ0) is 57.7. The molecule has 1 rings (SSSR count). The number of nitrogens with zero attached hydrogens (tertiary/aromatic N) is 1. The van der Waals surface area contributed by atoms with Crippen LogP contribution < -0.4 is 21.7 Å². The predicted octanol–water partition coefficient (Wildman–Crippen LogP) is 3.68. The molecule has 79 heavy (non-hydrogen) atoms. The van der Waals surface area contributed by atoms with Gasteiger partial charge in [0.1, 0.15) is 6.04 Å². The Bertz CT molecular complexity index is 1530. The van der Waals surface area contributed by atoms with Crippen LogP contribution in [0.1, 0.15) is 130 Å².